The van der Waals surface area contributed by atoms with Crippen LogP contribution < -0.4 is 10.5 Å². The molecule has 0 bridgehead atoms. The van der Waals surface area contributed by atoms with E-state index in [1.807, 2.05) is 0 Å². The molecule has 0 unspecified atom stereocenters. The molecule has 0 aliphatic rings. The molecule has 0 atom stereocenters. The van der Waals surface area contributed by atoms with Crippen LogP contribution in [0.1, 0.15) is 0 Å². The minimum absolute atomic E-state index is 0.293. The maximum Gasteiger partial charge on any atom is 0.239 e. The Balaban J connectivity index is 2.23. The molecule has 2 rings (SSSR count). The van der Waals surface area contributed by atoms with Crippen LogP contribution in [0.5, 0.6) is 11.6 Å². The first-order valence-electron chi connectivity index (χ1n) is 4.37. The number of benzene rings is 1. The normalized spacial score (nSPS) is 10.1. The highest BCUT2D eigenvalue weighted by atomic mass is 79.9. The molecule has 0 saturated heterocycles. The van der Waals surface area contributed by atoms with E-state index in [1.54, 1.807) is 12.1 Å². The Kier molecular flexibility index (Phi) is 3.00. The van der Waals surface area contributed by atoms with E-state index in [-0.39, 0.29) is 5.82 Å². The Morgan fingerprint density at radius 1 is 1.19 bits per heavy atom. The highest BCUT2D eigenvalue weighted by Gasteiger charge is 2.05. The smallest absolute Gasteiger partial charge is 0.239 e. The molecule has 1 aromatic carbocycles. The Morgan fingerprint density at radius 3 is 2.62 bits per heavy atom. The SMILES string of the molecule is Nc1ccc(Oc2ccc(F)cc2Br)nn1. The van der Waals surface area contributed by atoms with Crippen LogP contribution in [0.3, 0.4) is 0 Å². The molecule has 0 aliphatic carbocycles. The molecule has 1 heterocycles. The molecule has 2 N–H and O–H groups in total. The second-order valence-electron chi connectivity index (χ2n) is 2.97. The summed E-state index contributed by atoms with van der Waals surface area (Å²) in [6.45, 7) is 0. The van der Waals surface area contributed by atoms with Crippen LogP contribution >= 0.6 is 15.9 Å². The lowest BCUT2D eigenvalue weighted by molar-refractivity contribution is 0.451. The standard InChI is InChI=1S/C10H7BrFN3O/c11-7-5-6(12)1-2-8(7)16-10-4-3-9(13)14-15-10/h1-5H,(H2,13,14). The van der Waals surface area contributed by atoms with Crippen molar-refractivity contribution in [3.05, 3.63) is 40.6 Å². The van der Waals surface area contributed by atoms with E-state index < -0.39 is 0 Å². The van der Waals surface area contributed by atoms with Crippen LogP contribution in [-0.4, -0.2) is 10.2 Å². The average molecular weight is 284 g/mol. The minimum Gasteiger partial charge on any atom is -0.436 e. The van der Waals surface area contributed by atoms with Crippen molar-refractivity contribution in [1.29, 1.82) is 0 Å². The van der Waals surface area contributed by atoms with Crippen molar-refractivity contribution < 1.29 is 9.13 Å². The summed E-state index contributed by atoms with van der Waals surface area (Å²) < 4.78 is 18.7. The molecule has 0 aliphatic heterocycles. The molecule has 16 heavy (non-hydrogen) atoms. The lowest BCUT2D eigenvalue weighted by Crippen LogP contribution is -1.95. The second kappa shape index (κ2) is 4.44. The molecular formula is C10H7BrFN3O. The summed E-state index contributed by atoms with van der Waals surface area (Å²) in [5.74, 6) is 0.718. The van der Waals surface area contributed by atoms with E-state index in [2.05, 4.69) is 26.1 Å². The van der Waals surface area contributed by atoms with Crippen molar-refractivity contribution in [2.45, 2.75) is 0 Å². The third-order valence-electron chi connectivity index (χ3n) is 1.77. The van der Waals surface area contributed by atoms with Crippen molar-refractivity contribution in [2.75, 3.05) is 5.73 Å². The lowest BCUT2D eigenvalue weighted by atomic mass is 10.3. The van der Waals surface area contributed by atoms with Crippen LogP contribution in [0.2, 0.25) is 0 Å². The van der Waals surface area contributed by atoms with Crippen molar-refractivity contribution in [3.8, 4) is 11.6 Å². The number of nitrogens with zero attached hydrogens (tertiary/aromatic N) is 2. The van der Waals surface area contributed by atoms with Crippen LogP contribution in [0.15, 0.2) is 34.8 Å². The third-order valence-corrected chi connectivity index (χ3v) is 2.39. The number of rotatable bonds is 2. The number of nitrogen functional groups attached to an aromatic ring is 1. The van der Waals surface area contributed by atoms with Gasteiger partial charge in [0.15, 0.2) is 0 Å². The quantitative estimate of drug-likeness (QED) is 0.921. The summed E-state index contributed by atoms with van der Waals surface area (Å²) in [4.78, 5) is 0. The van der Waals surface area contributed by atoms with Gasteiger partial charge < -0.3 is 10.5 Å². The fraction of sp³-hybridized carbons (Fsp3) is 0. The van der Waals surface area contributed by atoms with E-state index in [0.29, 0.717) is 21.9 Å². The predicted molar refractivity (Wildman–Crippen MR) is 60.6 cm³/mol. The van der Waals surface area contributed by atoms with Gasteiger partial charge in [-0.1, -0.05) is 0 Å². The van der Waals surface area contributed by atoms with E-state index in [4.69, 9.17) is 10.5 Å². The summed E-state index contributed by atoms with van der Waals surface area (Å²) in [7, 11) is 0. The predicted octanol–water partition coefficient (Wildman–Crippen LogP) is 2.75. The highest BCUT2D eigenvalue weighted by Crippen LogP contribution is 2.28. The maximum atomic E-state index is 12.8. The minimum atomic E-state index is -0.345. The summed E-state index contributed by atoms with van der Waals surface area (Å²) >= 11 is 3.18. The van der Waals surface area contributed by atoms with Gasteiger partial charge in [-0.15, -0.1) is 10.2 Å². The molecule has 0 spiro atoms. The van der Waals surface area contributed by atoms with Gasteiger partial charge in [0.05, 0.1) is 4.47 Å². The number of hydrogen-bond donors (Lipinski definition) is 1. The number of anilines is 1. The fourth-order valence-electron chi connectivity index (χ4n) is 1.06. The molecule has 4 nitrogen and oxygen atoms in total. The van der Waals surface area contributed by atoms with Crippen molar-refractivity contribution in [3.63, 3.8) is 0 Å². The summed E-state index contributed by atoms with van der Waals surface area (Å²) in [5, 5.41) is 7.36. The second-order valence-corrected chi connectivity index (χ2v) is 3.83. The Labute approximate surface area is 99.4 Å². The molecule has 82 valence electrons. The largest absolute Gasteiger partial charge is 0.436 e. The van der Waals surface area contributed by atoms with Crippen LogP contribution in [0.4, 0.5) is 10.2 Å². The van der Waals surface area contributed by atoms with Crippen molar-refractivity contribution >= 4 is 21.7 Å². The van der Waals surface area contributed by atoms with E-state index in [1.165, 1.54) is 18.2 Å². The Bertz CT molecular complexity index is 504. The van der Waals surface area contributed by atoms with Gasteiger partial charge in [0.25, 0.3) is 0 Å². The van der Waals surface area contributed by atoms with E-state index >= 15 is 0 Å². The topological polar surface area (TPSA) is 61.0 Å². The molecule has 0 saturated carbocycles. The van der Waals surface area contributed by atoms with Gasteiger partial charge in [-0.2, -0.15) is 0 Å². The monoisotopic (exact) mass is 283 g/mol. The summed E-state index contributed by atoms with van der Waals surface area (Å²) in [6, 6.07) is 7.25. The van der Waals surface area contributed by atoms with E-state index in [0.717, 1.165) is 0 Å². The van der Waals surface area contributed by atoms with Gasteiger partial charge in [0.1, 0.15) is 17.4 Å². The number of hydrogen-bond acceptors (Lipinski definition) is 4. The molecule has 0 amide bonds. The third kappa shape index (κ3) is 2.46. The van der Waals surface area contributed by atoms with Gasteiger partial charge >= 0.3 is 0 Å². The highest BCUT2D eigenvalue weighted by molar-refractivity contribution is 9.10. The van der Waals surface area contributed by atoms with Gasteiger partial charge in [-0.25, -0.2) is 4.39 Å². The lowest BCUT2D eigenvalue weighted by Gasteiger charge is -2.05. The zero-order valence-electron chi connectivity index (χ0n) is 8.02. The molecule has 6 heteroatoms. The molecular weight excluding hydrogens is 277 g/mol. The van der Waals surface area contributed by atoms with Gasteiger partial charge in [-0.05, 0) is 40.2 Å². The van der Waals surface area contributed by atoms with Crippen LogP contribution in [0, 0.1) is 5.82 Å². The van der Waals surface area contributed by atoms with Crippen LogP contribution in [0.25, 0.3) is 0 Å². The van der Waals surface area contributed by atoms with Gasteiger partial charge in [0.2, 0.25) is 5.88 Å². The number of aromatic nitrogens is 2. The summed E-state index contributed by atoms with van der Waals surface area (Å²) in [6.07, 6.45) is 0. The average Bonchev–Trinajstić information content (AvgIpc) is 2.25. The fourth-order valence-corrected chi connectivity index (χ4v) is 1.49. The first kappa shape index (κ1) is 10.8. The summed E-state index contributed by atoms with van der Waals surface area (Å²) in [5.41, 5.74) is 5.38. The first-order chi connectivity index (χ1) is 7.65. The first-order valence-corrected chi connectivity index (χ1v) is 5.16. The number of nitrogens with two attached hydrogens (primary N) is 1. The van der Waals surface area contributed by atoms with E-state index in [9.17, 15) is 4.39 Å². The van der Waals surface area contributed by atoms with Crippen molar-refractivity contribution in [2.24, 2.45) is 0 Å². The Hall–Kier alpha value is -1.69. The zero-order valence-corrected chi connectivity index (χ0v) is 9.61. The molecule has 1 aromatic heterocycles. The van der Waals surface area contributed by atoms with Gasteiger partial charge in [0, 0.05) is 6.07 Å². The number of ether oxygens (including phenoxy) is 1. The molecule has 2 aromatic rings. The van der Waals surface area contributed by atoms with Crippen molar-refractivity contribution in [1.82, 2.24) is 10.2 Å². The van der Waals surface area contributed by atoms with Gasteiger partial charge in [-0.3, -0.25) is 0 Å². The zero-order chi connectivity index (χ0) is 11.5. The maximum absolute atomic E-state index is 12.8. The number of halogens is 2. The molecule has 0 fully saturated rings. The molecule has 0 radical (unpaired) electrons. The Morgan fingerprint density at radius 2 is 2.00 bits per heavy atom. The van der Waals surface area contributed by atoms with Crippen LogP contribution in [-0.2, 0) is 0 Å².